The number of ether oxygens (including phenoxy) is 2. The highest BCUT2D eigenvalue weighted by atomic mass is 16.5. The molecule has 1 aliphatic rings. The molecule has 1 saturated heterocycles. The Morgan fingerprint density at radius 2 is 2.43 bits per heavy atom. The van der Waals surface area contributed by atoms with E-state index in [2.05, 4.69) is 5.32 Å². The Balaban J connectivity index is 1.68. The van der Waals surface area contributed by atoms with Gasteiger partial charge in [-0.3, -0.25) is 4.79 Å². The van der Waals surface area contributed by atoms with Crippen molar-refractivity contribution in [1.29, 1.82) is 0 Å². The summed E-state index contributed by atoms with van der Waals surface area (Å²) < 4.78 is 10.8. The predicted octanol–water partition coefficient (Wildman–Crippen LogP) is 0.694. The average Bonchev–Trinajstić information content (AvgIpc) is 2.77. The van der Waals surface area contributed by atoms with Gasteiger partial charge in [0.2, 0.25) is 5.91 Å². The number of hydrogen-bond donors (Lipinski definition) is 3. The van der Waals surface area contributed by atoms with E-state index >= 15 is 0 Å². The zero-order chi connectivity index (χ0) is 15.3. The third-order valence-corrected chi connectivity index (χ3v) is 3.71. The summed E-state index contributed by atoms with van der Waals surface area (Å²) >= 11 is 0. The Morgan fingerprint density at radius 1 is 1.62 bits per heavy atom. The summed E-state index contributed by atoms with van der Waals surface area (Å²) in [5, 5.41) is 13.0. The van der Waals surface area contributed by atoms with E-state index in [1.807, 2.05) is 6.92 Å². The molecule has 4 N–H and O–H groups in total. The van der Waals surface area contributed by atoms with Crippen molar-refractivity contribution in [3.8, 4) is 5.75 Å². The summed E-state index contributed by atoms with van der Waals surface area (Å²) in [6.45, 7) is 2.79. The smallest absolute Gasteiger partial charge is 0.223 e. The third-order valence-electron chi connectivity index (χ3n) is 3.71. The summed E-state index contributed by atoms with van der Waals surface area (Å²) in [6, 6.07) is 7.06. The Kier molecular flexibility index (Phi) is 5.03. The average molecular weight is 294 g/mol. The summed E-state index contributed by atoms with van der Waals surface area (Å²) in [6.07, 6.45) is 0.496. The molecule has 0 saturated carbocycles. The molecule has 0 aliphatic carbocycles. The summed E-state index contributed by atoms with van der Waals surface area (Å²) in [7, 11) is 0. The molecule has 6 nitrogen and oxygen atoms in total. The van der Waals surface area contributed by atoms with E-state index in [1.54, 1.807) is 24.3 Å². The molecule has 1 aliphatic heterocycles. The van der Waals surface area contributed by atoms with Crippen LogP contribution >= 0.6 is 0 Å². The van der Waals surface area contributed by atoms with Gasteiger partial charge < -0.3 is 25.6 Å². The van der Waals surface area contributed by atoms with Crippen LogP contribution in [0.2, 0.25) is 0 Å². The van der Waals surface area contributed by atoms with Crippen LogP contribution in [0.15, 0.2) is 24.3 Å². The molecule has 0 bridgehead atoms. The van der Waals surface area contributed by atoms with Gasteiger partial charge in [0.1, 0.15) is 11.4 Å². The molecular formula is C15H22N2O4. The second kappa shape index (κ2) is 6.78. The Bertz CT molecular complexity index is 494. The van der Waals surface area contributed by atoms with Crippen molar-refractivity contribution in [3.63, 3.8) is 0 Å². The number of nitrogen functional groups attached to an aromatic ring is 1. The molecule has 1 aromatic carbocycles. The minimum Gasteiger partial charge on any atom is -0.493 e. The van der Waals surface area contributed by atoms with Gasteiger partial charge in [0, 0.05) is 31.3 Å². The van der Waals surface area contributed by atoms with Crippen LogP contribution in [0.1, 0.15) is 19.8 Å². The van der Waals surface area contributed by atoms with Crippen LogP contribution in [-0.4, -0.2) is 42.5 Å². The number of amides is 1. The SMILES string of the molecule is CC1OCCC1(O)CNC(=O)CCOc1cccc(N)c1. The number of anilines is 1. The lowest BCUT2D eigenvalue weighted by atomic mass is 9.97. The number of rotatable bonds is 6. The monoisotopic (exact) mass is 294 g/mol. The van der Waals surface area contributed by atoms with Gasteiger partial charge in [-0.15, -0.1) is 0 Å². The molecule has 116 valence electrons. The van der Waals surface area contributed by atoms with Gasteiger partial charge in [0.05, 0.1) is 19.1 Å². The topological polar surface area (TPSA) is 93.8 Å². The first kappa shape index (κ1) is 15.6. The lowest BCUT2D eigenvalue weighted by molar-refractivity contribution is -0.123. The zero-order valence-corrected chi connectivity index (χ0v) is 12.2. The van der Waals surface area contributed by atoms with Crippen LogP contribution in [0.25, 0.3) is 0 Å². The van der Waals surface area contributed by atoms with Gasteiger partial charge in [-0.1, -0.05) is 6.07 Å². The van der Waals surface area contributed by atoms with Crippen LogP contribution in [0.4, 0.5) is 5.69 Å². The van der Waals surface area contributed by atoms with E-state index in [9.17, 15) is 9.90 Å². The van der Waals surface area contributed by atoms with Gasteiger partial charge in [-0.05, 0) is 19.1 Å². The normalized spacial score (nSPS) is 24.8. The minimum absolute atomic E-state index is 0.161. The maximum Gasteiger partial charge on any atom is 0.223 e. The molecule has 2 rings (SSSR count). The molecule has 1 amide bonds. The molecule has 0 aromatic heterocycles. The van der Waals surface area contributed by atoms with E-state index in [4.69, 9.17) is 15.2 Å². The van der Waals surface area contributed by atoms with E-state index in [-0.39, 0.29) is 31.6 Å². The molecule has 1 fully saturated rings. The van der Waals surface area contributed by atoms with Crippen molar-refractivity contribution < 1.29 is 19.4 Å². The number of nitrogens with two attached hydrogens (primary N) is 1. The summed E-state index contributed by atoms with van der Waals surface area (Å²) in [4.78, 5) is 11.7. The van der Waals surface area contributed by atoms with E-state index in [1.165, 1.54) is 0 Å². The van der Waals surface area contributed by atoms with Crippen molar-refractivity contribution in [1.82, 2.24) is 5.32 Å². The second-order valence-corrected chi connectivity index (χ2v) is 5.31. The molecule has 6 heteroatoms. The quantitative estimate of drug-likeness (QED) is 0.671. The number of carbonyl (C=O) groups is 1. The lowest BCUT2D eigenvalue weighted by Gasteiger charge is -2.26. The van der Waals surface area contributed by atoms with Crippen molar-refractivity contribution >= 4 is 11.6 Å². The van der Waals surface area contributed by atoms with Crippen LogP contribution in [0, 0.1) is 0 Å². The molecule has 21 heavy (non-hydrogen) atoms. The molecule has 0 radical (unpaired) electrons. The van der Waals surface area contributed by atoms with Gasteiger partial charge in [0.25, 0.3) is 0 Å². The van der Waals surface area contributed by atoms with Crippen molar-refractivity contribution in [2.75, 3.05) is 25.5 Å². The fraction of sp³-hybridized carbons (Fsp3) is 0.533. The Morgan fingerprint density at radius 3 is 3.10 bits per heavy atom. The molecule has 1 aromatic rings. The number of carbonyl (C=O) groups excluding carboxylic acids is 1. The van der Waals surface area contributed by atoms with Gasteiger partial charge in [0.15, 0.2) is 0 Å². The highest BCUT2D eigenvalue weighted by Gasteiger charge is 2.39. The maximum atomic E-state index is 11.7. The van der Waals surface area contributed by atoms with Gasteiger partial charge >= 0.3 is 0 Å². The molecule has 2 atom stereocenters. The first-order valence-corrected chi connectivity index (χ1v) is 7.09. The van der Waals surface area contributed by atoms with E-state index in [0.717, 1.165) is 0 Å². The Labute approximate surface area is 124 Å². The summed E-state index contributed by atoms with van der Waals surface area (Å²) in [5.41, 5.74) is 5.29. The fourth-order valence-corrected chi connectivity index (χ4v) is 2.21. The van der Waals surface area contributed by atoms with Crippen LogP contribution < -0.4 is 15.8 Å². The third kappa shape index (κ3) is 4.34. The van der Waals surface area contributed by atoms with Gasteiger partial charge in [-0.25, -0.2) is 0 Å². The summed E-state index contributed by atoms with van der Waals surface area (Å²) in [5.74, 6) is 0.477. The number of aliphatic hydroxyl groups is 1. The van der Waals surface area contributed by atoms with E-state index < -0.39 is 5.60 Å². The predicted molar refractivity (Wildman–Crippen MR) is 79.0 cm³/mol. The zero-order valence-electron chi connectivity index (χ0n) is 12.2. The van der Waals surface area contributed by atoms with E-state index in [0.29, 0.717) is 24.5 Å². The first-order chi connectivity index (χ1) is 9.99. The van der Waals surface area contributed by atoms with Crippen LogP contribution in [0.5, 0.6) is 5.75 Å². The lowest BCUT2D eigenvalue weighted by Crippen LogP contribution is -2.47. The standard InChI is InChI=1S/C15H22N2O4/c1-11-15(19,6-8-20-11)10-17-14(18)5-7-21-13-4-2-3-12(16)9-13/h2-4,9,11,19H,5-8,10,16H2,1H3,(H,17,18). The minimum atomic E-state index is -0.968. The maximum absolute atomic E-state index is 11.7. The van der Waals surface area contributed by atoms with Crippen LogP contribution in [0.3, 0.4) is 0 Å². The molecule has 2 unspecified atom stereocenters. The number of hydrogen-bond acceptors (Lipinski definition) is 5. The highest BCUT2D eigenvalue weighted by Crippen LogP contribution is 2.24. The molecular weight excluding hydrogens is 272 g/mol. The largest absolute Gasteiger partial charge is 0.493 e. The number of nitrogens with one attached hydrogen (secondary N) is 1. The van der Waals surface area contributed by atoms with Crippen molar-refractivity contribution in [2.24, 2.45) is 0 Å². The van der Waals surface area contributed by atoms with Gasteiger partial charge in [-0.2, -0.15) is 0 Å². The molecule has 1 heterocycles. The fourth-order valence-electron chi connectivity index (χ4n) is 2.21. The molecule has 0 spiro atoms. The second-order valence-electron chi connectivity index (χ2n) is 5.31. The highest BCUT2D eigenvalue weighted by molar-refractivity contribution is 5.76. The van der Waals surface area contributed by atoms with Crippen molar-refractivity contribution in [2.45, 2.75) is 31.5 Å². The van der Waals surface area contributed by atoms with Crippen molar-refractivity contribution in [3.05, 3.63) is 24.3 Å². The number of benzene rings is 1. The van der Waals surface area contributed by atoms with Crippen LogP contribution in [-0.2, 0) is 9.53 Å². The first-order valence-electron chi connectivity index (χ1n) is 7.09. The Hall–Kier alpha value is -1.79.